The predicted octanol–water partition coefficient (Wildman–Crippen LogP) is 3.79. The minimum Gasteiger partial charge on any atom is -0.444 e. The van der Waals surface area contributed by atoms with Crippen LogP contribution in [0.3, 0.4) is 0 Å². The molecule has 1 aliphatic rings. The molecule has 0 spiro atoms. The van der Waals surface area contributed by atoms with Gasteiger partial charge in [-0.3, -0.25) is 0 Å². The van der Waals surface area contributed by atoms with Crippen LogP contribution in [-0.4, -0.2) is 52.7 Å². The number of likely N-dealkylation sites (N-methyl/N-ethyl adjacent to an activating group) is 1. The fourth-order valence-electron chi connectivity index (χ4n) is 3.27. The topological polar surface area (TPSA) is 61.5 Å². The van der Waals surface area contributed by atoms with E-state index in [1.54, 1.807) is 0 Å². The molecule has 3 rings (SSSR count). The third-order valence-corrected chi connectivity index (χ3v) is 4.48. The van der Waals surface area contributed by atoms with Gasteiger partial charge in [0, 0.05) is 20.1 Å². The summed E-state index contributed by atoms with van der Waals surface area (Å²) in [7, 11) is 2.01. The van der Waals surface area contributed by atoms with Crippen LogP contribution in [0, 0.1) is 0 Å². The zero-order chi connectivity index (χ0) is 18.0. The van der Waals surface area contributed by atoms with Crippen LogP contribution >= 0.6 is 0 Å². The Labute approximate surface area is 149 Å². The van der Waals surface area contributed by atoms with Crippen LogP contribution < -0.4 is 4.90 Å². The van der Waals surface area contributed by atoms with Gasteiger partial charge in [-0.15, -0.1) is 0 Å². The van der Waals surface area contributed by atoms with Crippen LogP contribution in [0.15, 0.2) is 24.3 Å². The summed E-state index contributed by atoms with van der Waals surface area (Å²) in [6, 6.07) is 8.14. The predicted molar refractivity (Wildman–Crippen MR) is 99.9 cm³/mol. The number of anilines is 1. The van der Waals surface area contributed by atoms with E-state index in [0.29, 0.717) is 0 Å². The molecule has 1 fully saturated rings. The number of nitrogens with one attached hydrogen (secondary N) is 1. The van der Waals surface area contributed by atoms with E-state index in [9.17, 15) is 4.79 Å². The van der Waals surface area contributed by atoms with Crippen LogP contribution in [0.4, 0.5) is 10.7 Å². The van der Waals surface area contributed by atoms with Crippen LogP contribution in [-0.2, 0) is 4.74 Å². The van der Waals surface area contributed by atoms with E-state index < -0.39 is 5.60 Å². The molecule has 1 amide bonds. The minimum absolute atomic E-state index is 0.141. The van der Waals surface area contributed by atoms with Crippen molar-refractivity contribution in [2.75, 3.05) is 25.0 Å². The molecule has 1 saturated heterocycles. The molecule has 1 atom stereocenters. The number of amides is 1. The highest BCUT2D eigenvalue weighted by Crippen LogP contribution is 2.23. The SMILES string of the molecule is CN(CC1CCCCN1C(=O)OC(C)(C)C)c1nc2ccccc2[nH]1. The van der Waals surface area contributed by atoms with Crippen molar-refractivity contribution < 1.29 is 9.53 Å². The first-order chi connectivity index (χ1) is 11.8. The lowest BCUT2D eigenvalue weighted by molar-refractivity contribution is 0.0108. The Morgan fingerprint density at radius 2 is 2.12 bits per heavy atom. The summed E-state index contributed by atoms with van der Waals surface area (Å²) in [5, 5.41) is 0. The van der Waals surface area contributed by atoms with Gasteiger partial charge in [0.25, 0.3) is 0 Å². The summed E-state index contributed by atoms with van der Waals surface area (Å²) in [4.78, 5) is 24.5. The van der Waals surface area contributed by atoms with E-state index in [0.717, 1.165) is 49.3 Å². The van der Waals surface area contributed by atoms with Crippen molar-refractivity contribution in [2.24, 2.45) is 0 Å². The monoisotopic (exact) mass is 344 g/mol. The summed E-state index contributed by atoms with van der Waals surface area (Å²) in [5.74, 6) is 0.830. The van der Waals surface area contributed by atoms with E-state index in [1.807, 2.05) is 57.0 Å². The normalized spacial score (nSPS) is 18.4. The second-order valence-electron chi connectivity index (χ2n) is 7.78. The third kappa shape index (κ3) is 4.24. The number of benzene rings is 1. The minimum atomic E-state index is -0.469. The first-order valence-corrected chi connectivity index (χ1v) is 8.99. The molecule has 2 heterocycles. The quantitative estimate of drug-likeness (QED) is 0.920. The number of nitrogens with zero attached hydrogens (tertiary/aromatic N) is 3. The molecule has 0 saturated carbocycles. The van der Waals surface area contributed by atoms with Crippen molar-refractivity contribution in [1.82, 2.24) is 14.9 Å². The molecule has 0 radical (unpaired) electrons. The Balaban J connectivity index is 1.71. The highest BCUT2D eigenvalue weighted by molar-refractivity contribution is 5.77. The Kier molecular flexibility index (Phi) is 4.88. The molecule has 1 N–H and O–H groups in total. The first-order valence-electron chi connectivity index (χ1n) is 8.99. The number of hydrogen-bond donors (Lipinski definition) is 1. The molecule has 1 unspecified atom stereocenters. The highest BCUT2D eigenvalue weighted by atomic mass is 16.6. The van der Waals surface area contributed by atoms with E-state index in [-0.39, 0.29) is 12.1 Å². The van der Waals surface area contributed by atoms with E-state index in [4.69, 9.17) is 4.74 Å². The van der Waals surface area contributed by atoms with Gasteiger partial charge in [0.1, 0.15) is 5.60 Å². The number of aromatic nitrogens is 2. The lowest BCUT2D eigenvalue weighted by Gasteiger charge is -2.38. The van der Waals surface area contributed by atoms with Gasteiger partial charge >= 0.3 is 6.09 Å². The molecular weight excluding hydrogens is 316 g/mol. The average molecular weight is 344 g/mol. The first kappa shape index (κ1) is 17.6. The van der Waals surface area contributed by atoms with Gasteiger partial charge in [0.2, 0.25) is 5.95 Å². The van der Waals surface area contributed by atoms with Gasteiger partial charge in [-0.05, 0) is 52.2 Å². The zero-order valence-corrected chi connectivity index (χ0v) is 15.6. The summed E-state index contributed by atoms with van der Waals surface area (Å²) in [6.07, 6.45) is 2.95. The number of H-pyrrole nitrogens is 1. The largest absolute Gasteiger partial charge is 0.444 e. The summed E-state index contributed by atoms with van der Waals surface area (Å²) in [6.45, 7) is 7.21. The second kappa shape index (κ2) is 6.94. The number of rotatable bonds is 3. The molecule has 0 aliphatic carbocycles. The van der Waals surface area contributed by atoms with Crippen LogP contribution in [0.1, 0.15) is 40.0 Å². The molecule has 0 bridgehead atoms. The fraction of sp³-hybridized carbons (Fsp3) is 0.579. The van der Waals surface area contributed by atoms with Gasteiger partial charge in [-0.1, -0.05) is 12.1 Å². The number of piperidine rings is 1. The fourth-order valence-corrected chi connectivity index (χ4v) is 3.27. The summed E-state index contributed by atoms with van der Waals surface area (Å²) >= 11 is 0. The Morgan fingerprint density at radius 1 is 1.36 bits per heavy atom. The molecule has 2 aromatic rings. The molecule has 25 heavy (non-hydrogen) atoms. The van der Waals surface area contributed by atoms with Gasteiger partial charge in [-0.25, -0.2) is 9.78 Å². The smallest absolute Gasteiger partial charge is 0.410 e. The second-order valence-corrected chi connectivity index (χ2v) is 7.78. The number of likely N-dealkylation sites (tertiary alicyclic amines) is 1. The standard InChI is InChI=1S/C19H28N4O2/c1-19(2,3)25-18(24)23-12-8-7-9-14(23)13-22(4)17-20-15-10-5-6-11-16(15)21-17/h5-6,10-11,14H,7-9,12-13H2,1-4H3,(H,20,21). The maximum absolute atomic E-state index is 12.5. The molecule has 6 nitrogen and oxygen atoms in total. The number of imidazole rings is 1. The number of hydrogen-bond acceptors (Lipinski definition) is 4. The zero-order valence-electron chi connectivity index (χ0n) is 15.6. The van der Waals surface area contributed by atoms with Crippen LogP contribution in [0.25, 0.3) is 11.0 Å². The highest BCUT2D eigenvalue weighted by Gasteiger charge is 2.31. The summed E-state index contributed by atoms with van der Waals surface area (Å²) < 4.78 is 5.59. The van der Waals surface area contributed by atoms with Gasteiger partial charge in [-0.2, -0.15) is 0 Å². The maximum Gasteiger partial charge on any atom is 0.410 e. The van der Waals surface area contributed by atoms with Crippen LogP contribution in [0.5, 0.6) is 0 Å². The van der Waals surface area contributed by atoms with Crippen molar-refractivity contribution in [1.29, 1.82) is 0 Å². The average Bonchev–Trinajstić information content (AvgIpc) is 2.98. The van der Waals surface area contributed by atoms with Crippen molar-refractivity contribution in [3.8, 4) is 0 Å². The Morgan fingerprint density at radius 3 is 2.84 bits per heavy atom. The summed E-state index contributed by atoms with van der Waals surface area (Å²) in [5.41, 5.74) is 1.51. The molecule has 1 aromatic heterocycles. The molecular formula is C19H28N4O2. The number of ether oxygens (including phenoxy) is 1. The Bertz CT molecular complexity index is 701. The van der Waals surface area contributed by atoms with Crippen LogP contribution in [0.2, 0.25) is 0 Å². The van der Waals surface area contributed by atoms with Gasteiger partial charge in [0.15, 0.2) is 0 Å². The van der Waals surface area contributed by atoms with E-state index >= 15 is 0 Å². The third-order valence-electron chi connectivity index (χ3n) is 4.48. The van der Waals surface area contributed by atoms with E-state index in [1.165, 1.54) is 0 Å². The van der Waals surface area contributed by atoms with Gasteiger partial charge < -0.3 is 19.5 Å². The van der Waals surface area contributed by atoms with Crippen molar-refractivity contribution >= 4 is 23.1 Å². The number of fused-ring (bicyclic) bond motifs is 1. The lowest BCUT2D eigenvalue weighted by atomic mass is 10.0. The maximum atomic E-state index is 12.5. The molecule has 1 aromatic carbocycles. The van der Waals surface area contributed by atoms with Crippen molar-refractivity contribution in [2.45, 2.75) is 51.7 Å². The van der Waals surface area contributed by atoms with Gasteiger partial charge in [0.05, 0.1) is 17.1 Å². The van der Waals surface area contributed by atoms with Crippen molar-refractivity contribution in [3.63, 3.8) is 0 Å². The number of para-hydroxylation sites is 2. The number of aromatic amines is 1. The Hall–Kier alpha value is -2.24. The van der Waals surface area contributed by atoms with E-state index in [2.05, 4.69) is 14.9 Å². The molecule has 136 valence electrons. The number of carbonyl (C=O) groups excluding carboxylic acids is 1. The number of carbonyl (C=O) groups is 1. The lowest BCUT2D eigenvalue weighted by Crippen LogP contribution is -2.50. The molecule has 6 heteroatoms. The molecule has 1 aliphatic heterocycles. The van der Waals surface area contributed by atoms with Crippen molar-refractivity contribution in [3.05, 3.63) is 24.3 Å².